The number of anilines is 2. The Balaban J connectivity index is 0.00000544. The van der Waals surface area contributed by atoms with Crippen molar-refractivity contribution in [1.29, 1.82) is 0 Å². The molecule has 0 saturated carbocycles. The summed E-state index contributed by atoms with van der Waals surface area (Å²) in [5.74, 6) is 1.69. The Morgan fingerprint density at radius 3 is 2.42 bits per heavy atom. The van der Waals surface area contributed by atoms with Crippen molar-refractivity contribution < 1.29 is 9.53 Å². The first-order chi connectivity index (χ1) is 15.2. The molecule has 0 spiro atoms. The topological polar surface area (TPSA) is 90.9 Å². The molecule has 0 unspecified atom stereocenters. The van der Waals surface area contributed by atoms with Gasteiger partial charge in [-0.25, -0.2) is 14.8 Å². The molecule has 0 aliphatic rings. The lowest BCUT2D eigenvalue weighted by Gasteiger charge is -2.19. The quantitative estimate of drug-likeness (QED) is 0.248. The van der Waals surface area contributed by atoms with Crippen molar-refractivity contribution in [2.45, 2.75) is 46.3 Å². The van der Waals surface area contributed by atoms with Gasteiger partial charge in [-0.05, 0) is 57.9 Å². The highest BCUT2D eigenvalue weighted by molar-refractivity contribution is 14.0. The summed E-state index contributed by atoms with van der Waals surface area (Å²) >= 11 is 0. The van der Waals surface area contributed by atoms with E-state index in [1.165, 1.54) is 0 Å². The molecule has 8 nitrogen and oxygen atoms in total. The molecule has 1 aromatic heterocycles. The third kappa shape index (κ3) is 10.7. The van der Waals surface area contributed by atoms with Gasteiger partial charge < -0.3 is 20.3 Å². The first-order valence-electron chi connectivity index (χ1n) is 10.9. The number of nitrogens with one attached hydrogen (secondary N) is 3. The van der Waals surface area contributed by atoms with Crippen molar-refractivity contribution in [3.63, 3.8) is 0 Å². The molecule has 33 heavy (non-hydrogen) atoms. The van der Waals surface area contributed by atoms with Gasteiger partial charge in [-0.3, -0.25) is 5.32 Å². The van der Waals surface area contributed by atoms with E-state index in [4.69, 9.17) is 9.73 Å². The largest absolute Gasteiger partial charge is 0.444 e. The Labute approximate surface area is 214 Å². The molecular formula is C24H37IN6O2. The number of nitrogens with zero attached hydrogens (tertiary/aromatic N) is 3. The molecule has 3 N–H and O–H groups in total. The number of amides is 1. The Hall–Kier alpha value is -2.56. The van der Waals surface area contributed by atoms with E-state index in [0.717, 1.165) is 42.4 Å². The summed E-state index contributed by atoms with van der Waals surface area (Å²) < 4.78 is 5.27. The first-order valence-corrected chi connectivity index (χ1v) is 10.9. The number of pyridine rings is 1. The highest BCUT2D eigenvalue weighted by Gasteiger charge is 2.16. The monoisotopic (exact) mass is 568 g/mol. The van der Waals surface area contributed by atoms with Gasteiger partial charge in [0.2, 0.25) is 0 Å². The number of aromatic nitrogens is 1. The van der Waals surface area contributed by atoms with E-state index in [1.807, 2.05) is 83.1 Å². The van der Waals surface area contributed by atoms with Gasteiger partial charge in [-0.1, -0.05) is 18.2 Å². The van der Waals surface area contributed by atoms with Gasteiger partial charge in [0.1, 0.15) is 11.4 Å². The van der Waals surface area contributed by atoms with Gasteiger partial charge in [-0.15, -0.1) is 24.0 Å². The van der Waals surface area contributed by atoms with Gasteiger partial charge in [0.05, 0.1) is 6.54 Å². The van der Waals surface area contributed by atoms with Crippen LogP contribution < -0.4 is 20.9 Å². The molecule has 1 heterocycles. The van der Waals surface area contributed by atoms with E-state index in [-0.39, 0.29) is 24.0 Å². The lowest BCUT2D eigenvalue weighted by Crippen LogP contribution is -2.38. The third-order valence-electron chi connectivity index (χ3n) is 4.35. The van der Waals surface area contributed by atoms with Crippen LogP contribution in [-0.2, 0) is 17.7 Å². The number of halogens is 1. The zero-order valence-corrected chi connectivity index (χ0v) is 22.8. The van der Waals surface area contributed by atoms with E-state index in [0.29, 0.717) is 12.2 Å². The third-order valence-corrected chi connectivity index (χ3v) is 4.35. The van der Waals surface area contributed by atoms with Gasteiger partial charge in [-0.2, -0.15) is 0 Å². The van der Waals surface area contributed by atoms with Crippen LogP contribution in [0, 0.1) is 0 Å². The van der Waals surface area contributed by atoms with Crippen molar-refractivity contribution >= 4 is 47.5 Å². The number of ether oxygens (including phenoxy) is 1. The second-order valence-corrected chi connectivity index (χ2v) is 8.58. The Morgan fingerprint density at radius 2 is 1.82 bits per heavy atom. The molecule has 182 valence electrons. The summed E-state index contributed by atoms with van der Waals surface area (Å²) in [7, 11) is 3.96. The van der Waals surface area contributed by atoms with Gasteiger partial charge >= 0.3 is 6.09 Å². The minimum absolute atomic E-state index is 0. The van der Waals surface area contributed by atoms with Gasteiger partial charge in [0.25, 0.3) is 0 Å². The molecule has 1 aromatic carbocycles. The first kappa shape index (κ1) is 28.5. The Bertz CT molecular complexity index is 895. The number of aliphatic imine (C=N–C) groups is 1. The normalized spacial score (nSPS) is 11.3. The molecule has 0 aliphatic carbocycles. The SMILES string of the molecule is CCNC(=NCc1cccnc1N(C)C)NCCc1ccc(NC(=O)OC(C)(C)C)cc1.I. The maximum atomic E-state index is 11.9. The van der Waals surface area contributed by atoms with Crippen LogP contribution in [0.25, 0.3) is 0 Å². The number of rotatable bonds is 8. The lowest BCUT2D eigenvalue weighted by atomic mass is 10.1. The van der Waals surface area contributed by atoms with Crippen molar-refractivity contribution in [2.75, 3.05) is 37.4 Å². The summed E-state index contributed by atoms with van der Waals surface area (Å²) in [6.45, 7) is 9.62. The average molecular weight is 569 g/mol. The van der Waals surface area contributed by atoms with E-state index >= 15 is 0 Å². The minimum Gasteiger partial charge on any atom is -0.444 e. The van der Waals surface area contributed by atoms with Crippen LogP contribution >= 0.6 is 24.0 Å². The maximum Gasteiger partial charge on any atom is 0.412 e. The van der Waals surface area contributed by atoms with Gasteiger partial charge in [0.15, 0.2) is 5.96 Å². The smallest absolute Gasteiger partial charge is 0.412 e. The van der Waals surface area contributed by atoms with Crippen molar-refractivity contribution in [2.24, 2.45) is 4.99 Å². The summed E-state index contributed by atoms with van der Waals surface area (Å²) in [6.07, 6.45) is 2.16. The lowest BCUT2D eigenvalue weighted by molar-refractivity contribution is 0.0636. The van der Waals surface area contributed by atoms with Crippen LogP contribution in [0.1, 0.15) is 38.8 Å². The number of benzene rings is 1. The standard InChI is InChI=1S/C24H36N6O2.HI/c1-7-25-22(28-17-19-9-8-15-26-21(19)30(5)6)27-16-14-18-10-12-20(13-11-18)29-23(31)32-24(2,3)4;/h8-13,15H,7,14,16-17H2,1-6H3,(H,29,31)(H2,25,27,28);1H. The number of hydrogen-bond acceptors (Lipinski definition) is 5. The number of carbonyl (C=O) groups excluding carboxylic acids is 1. The zero-order valence-electron chi connectivity index (χ0n) is 20.4. The molecule has 2 aromatic rings. The summed E-state index contributed by atoms with van der Waals surface area (Å²) in [4.78, 5) is 23.0. The average Bonchev–Trinajstić information content (AvgIpc) is 2.72. The second-order valence-electron chi connectivity index (χ2n) is 8.58. The van der Waals surface area contributed by atoms with Crippen LogP contribution in [-0.4, -0.2) is 49.8 Å². The summed E-state index contributed by atoms with van der Waals surface area (Å²) in [5.41, 5.74) is 2.42. The van der Waals surface area contributed by atoms with E-state index in [2.05, 4.69) is 20.9 Å². The highest BCUT2D eigenvalue weighted by Crippen LogP contribution is 2.15. The van der Waals surface area contributed by atoms with Crippen molar-refractivity contribution in [3.8, 4) is 0 Å². The number of carbonyl (C=O) groups is 1. The molecule has 0 atom stereocenters. The molecule has 0 fully saturated rings. The van der Waals surface area contributed by atoms with Crippen LogP contribution in [0.3, 0.4) is 0 Å². The van der Waals surface area contributed by atoms with Crippen LogP contribution in [0.4, 0.5) is 16.3 Å². The fraction of sp³-hybridized carbons (Fsp3) is 0.458. The fourth-order valence-electron chi connectivity index (χ4n) is 2.96. The predicted molar refractivity (Wildman–Crippen MR) is 147 cm³/mol. The van der Waals surface area contributed by atoms with Crippen LogP contribution in [0.15, 0.2) is 47.6 Å². The number of guanidine groups is 1. The summed E-state index contributed by atoms with van der Waals surface area (Å²) in [5, 5.41) is 9.40. The molecule has 9 heteroatoms. The fourth-order valence-corrected chi connectivity index (χ4v) is 2.96. The van der Waals surface area contributed by atoms with E-state index in [9.17, 15) is 4.79 Å². The highest BCUT2D eigenvalue weighted by atomic mass is 127. The van der Waals surface area contributed by atoms with Crippen LogP contribution in [0.5, 0.6) is 0 Å². The predicted octanol–water partition coefficient (Wildman–Crippen LogP) is 4.41. The zero-order chi connectivity index (χ0) is 23.6. The number of hydrogen-bond donors (Lipinski definition) is 3. The molecule has 1 amide bonds. The van der Waals surface area contributed by atoms with Crippen molar-refractivity contribution in [3.05, 3.63) is 53.7 Å². The Kier molecular flexibility index (Phi) is 12.0. The molecular weight excluding hydrogens is 531 g/mol. The maximum absolute atomic E-state index is 11.9. The van der Waals surface area contributed by atoms with Gasteiger partial charge in [0, 0.05) is 44.6 Å². The van der Waals surface area contributed by atoms with Crippen molar-refractivity contribution in [1.82, 2.24) is 15.6 Å². The summed E-state index contributed by atoms with van der Waals surface area (Å²) in [6, 6.07) is 11.7. The molecule has 0 aliphatic heterocycles. The molecule has 2 rings (SSSR count). The minimum atomic E-state index is -0.521. The Morgan fingerprint density at radius 1 is 1.12 bits per heavy atom. The molecule has 0 radical (unpaired) electrons. The molecule has 0 bridgehead atoms. The second kappa shape index (κ2) is 13.9. The van der Waals surface area contributed by atoms with Crippen LogP contribution in [0.2, 0.25) is 0 Å². The molecule has 0 saturated heterocycles. The van der Waals surface area contributed by atoms with E-state index < -0.39 is 11.7 Å². The van der Waals surface area contributed by atoms with E-state index in [1.54, 1.807) is 6.20 Å².